The van der Waals surface area contributed by atoms with E-state index in [9.17, 15) is 14.4 Å². The molecule has 2 fully saturated rings. The Bertz CT molecular complexity index is 1120. The zero-order valence-corrected chi connectivity index (χ0v) is 20.0. The maximum atomic E-state index is 13.4. The van der Waals surface area contributed by atoms with Gasteiger partial charge in [0.05, 0.1) is 0 Å². The van der Waals surface area contributed by atoms with Crippen LogP contribution in [0.15, 0.2) is 42.5 Å². The molecule has 0 aromatic heterocycles. The van der Waals surface area contributed by atoms with Gasteiger partial charge in [0.25, 0.3) is 11.8 Å². The van der Waals surface area contributed by atoms with Crippen LogP contribution < -0.4 is 14.8 Å². The van der Waals surface area contributed by atoms with E-state index in [-0.39, 0.29) is 30.4 Å². The Kier molecular flexibility index (Phi) is 6.61. The van der Waals surface area contributed by atoms with Crippen molar-refractivity contribution in [1.29, 1.82) is 0 Å². The molecule has 1 N–H and O–H groups in total. The van der Waals surface area contributed by atoms with Crippen molar-refractivity contribution >= 4 is 17.7 Å². The maximum Gasteiger partial charge on any atom is 0.253 e. The van der Waals surface area contributed by atoms with Gasteiger partial charge in [0.2, 0.25) is 12.7 Å². The first-order chi connectivity index (χ1) is 17.0. The highest BCUT2D eigenvalue weighted by Crippen LogP contribution is 2.33. The zero-order valence-electron chi connectivity index (χ0n) is 20.0. The second kappa shape index (κ2) is 9.98. The van der Waals surface area contributed by atoms with E-state index in [0.29, 0.717) is 48.6 Å². The molecular formula is C27H31N3O5. The number of carbonyl (C=O) groups is 3. The molecule has 184 valence electrons. The van der Waals surface area contributed by atoms with Gasteiger partial charge in [-0.15, -0.1) is 0 Å². The van der Waals surface area contributed by atoms with E-state index in [1.54, 1.807) is 24.3 Å². The van der Waals surface area contributed by atoms with Gasteiger partial charge in [-0.3, -0.25) is 14.4 Å². The molecule has 2 saturated heterocycles. The number of hydrogen-bond acceptors (Lipinski definition) is 5. The second-order valence-corrected chi connectivity index (χ2v) is 9.50. The van der Waals surface area contributed by atoms with Crippen LogP contribution in [-0.4, -0.2) is 66.5 Å². The predicted molar refractivity (Wildman–Crippen MR) is 129 cm³/mol. The standard InChI is InChI=1S/C27H31N3O5/c1-18-6-2-3-7-21(18)25(31)28-24(27(33)29-12-4-5-13-29)19-10-14-30(15-11-19)26(32)20-8-9-22-23(16-20)35-17-34-22/h2-3,6-9,16,19,24H,4-5,10-15,17H2,1H3,(H,28,31)/t24-/m0/s1. The Balaban J connectivity index is 1.28. The molecule has 5 rings (SSSR count). The Morgan fingerprint density at radius 3 is 2.37 bits per heavy atom. The van der Waals surface area contributed by atoms with E-state index in [2.05, 4.69) is 5.32 Å². The summed E-state index contributed by atoms with van der Waals surface area (Å²) in [6.45, 7) is 4.59. The van der Waals surface area contributed by atoms with Gasteiger partial charge in [0.15, 0.2) is 11.5 Å². The van der Waals surface area contributed by atoms with Gasteiger partial charge in [-0.05, 0) is 68.4 Å². The van der Waals surface area contributed by atoms with Crippen LogP contribution in [-0.2, 0) is 4.79 Å². The molecule has 35 heavy (non-hydrogen) atoms. The summed E-state index contributed by atoms with van der Waals surface area (Å²) in [6, 6.07) is 12.0. The Labute approximate surface area is 205 Å². The van der Waals surface area contributed by atoms with Crippen molar-refractivity contribution in [1.82, 2.24) is 15.1 Å². The summed E-state index contributed by atoms with van der Waals surface area (Å²) in [5.41, 5.74) is 2.02. The monoisotopic (exact) mass is 477 g/mol. The zero-order chi connectivity index (χ0) is 24.4. The minimum absolute atomic E-state index is 0.00928. The summed E-state index contributed by atoms with van der Waals surface area (Å²) in [7, 11) is 0. The largest absolute Gasteiger partial charge is 0.454 e. The number of ether oxygens (including phenoxy) is 2. The lowest BCUT2D eigenvalue weighted by Gasteiger charge is -2.37. The maximum absolute atomic E-state index is 13.4. The molecule has 0 unspecified atom stereocenters. The van der Waals surface area contributed by atoms with Crippen LogP contribution >= 0.6 is 0 Å². The van der Waals surface area contributed by atoms with Crippen molar-refractivity contribution in [3.63, 3.8) is 0 Å². The first-order valence-electron chi connectivity index (χ1n) is 12.4. The van der Waals surface area contributed by atoms with Crippen LogP contribution in [0.1, 0.15) is 52.0 Å². The molecule has 3 heterocycles. The lowest BCUT2D eigenvalue weighted by Crippen LogP contribution is -2.54. The third-order valence-corrected chi connectivity index (χ3v) is 7.28. The molecule has 2 aromatic carbocycles. The molecular weight excluding hydrogens is 446 g/mol. The molecule has 8 nitrogen and oxygen atoms in total. The number of amides is 3. The smallest absolute Gasteiger partial charge is 0.253 e. The number of nitrogens with one attached hydrogen (secondary N) is 1. The van der Waals surface area contributed by atoms with Gasteiger partial charge in [-0.1, -0.05) is 18.2 Å². The minimum Gasteiger partial charge on any atom is -0.454 e. The molecule has 0 radical (unpaired) electrons. The number of hydrogen-bond donors (Lipinski definition) is 1. The van der Waals surface area contributed by atoms with Crippen LogP contribution in [0.3, 0.4) is 0 Å². The van der Waals surface area contributed by atoms with Crippen LogP contribution in [0, 0.1) is 12.8 Å². The lowest BCUT2D eigenvalue weighted by molar-refractivity contribution is -0.134. The van der Waals surface area contributed by atoms with Crippen molar-refractivity contribution in [3.8, 4) is 11.5 Å². The first-order valence-corrected chi connectivity index (χ1v) is 12.4. The van der Waals surface area contributed by atoms with E-state index in [1.165, 1.54) is 0 Å². The molecule has 0 spiro atoms. The van der Waals surface area contributed by atoms with Crippen molar-refractivity contribution in [3.05, 3.63) is 59.2 Å². The second-order valence-electron chi connectivity index (χ2n) is 9.50. The summed E-state index contributed by atoms with van der Waals surface area (Å²) < 4.78 is 10.7. The first kappa shape index (κ1) is 23.2. The van der Waals surface area contributed by atoms with E-state index >= 15 is 0 Å². The molecule has 3 amide bonds. The number of benzene rings is 2. The van der Waals surface area contributed by atoms with Crippen molar-refractivity contribution < 1.29 is 23.9 Å². The molecule has 1 atom stereocenters. The average molecular weight is 478 g/mol. The van der Waals surface area contributed by atoms with Crippen LogP contribution in [0.5, 0.6) is 11.5 Å². The quantitative estimate of drug-likeness (QED) is 0.715. The third kappa shape index (κ3) is 4.83. The van der Waals surface area contributed by atoms with Crippen LogP contribution in [0.25, 0.3) is 0 Å². The molecule has 2 aromatic rings. The summed E-state index contributed by atoms with van der Waals surface area (Å²) in [5, 5.41) is 3.06. The van der Waals surface area contributed by atoms with Crippen molar-refractivity contribution in [2.75, 3.05) is 33.0 Å². The number of fused-ring (bicyclic) bond motifs is 1. The van der Waals surface area contributed by atoms with Gasteiger partial charge in [0, 0.05) is 37.3 Å². The van der Waals surface area contributed by atoms with Gasteiger partial charge >= 0.3 is 0 Å². The van der Waals surface area contributed by atoms with E-state index in [1.807, 2.05) is 34.9 Å². The number of rotatable bonds is 5. The van der Waals surface area contributed by atoms with Gasteiger partial charge in [-0.2, -0.15) is 0 Å². The molecule has 8 heteroatoms. The molecule has 0 aliphatic carbocycles. The predicted octanol–water partition coefficient (Wildman–Crippen LogP) is 3.00. The molecule has 0 saturated carbocycles. The normalized spacial score (nSPS) is 18.4. The van der Waals surface area contributed by atoms with Crippen LogP contribution in [0.2, 0.25) is 0 Å². The summed E-state index contributed by atoms with van der Waals surface area (Å²) in [4.78, 5) is 43.4. The minimum atomic E-state index is -0.594. The number of likely N-dealkylation sites (tertiary alicyclic amines) is 2. The Hall–Kier alpha value is -3.55. The fraction of sp³-hybridized carbons (Fsp3) is 0.444. The summed E-state index contributed by atoms with van der Waals surface area (Å²) in [5.74, 6) is 0.906. The van der Waals surface area contributed by atoms with Gasteiger partial charge in [0.1, 0.15) is 6.04 Å². The van der Waals surface area contributed by atoms with Crippen molar-refractivity contribution in [2.24, 2.45) is 5.92 Å². The highest BCUT2D eigenvalue weighted by atomic mass is 16.7. The highest BCUT2D eigenvalue weighted by Gasteiger charge is 2.37. The number of carbonyl (C=O) groups excluding carboxylic acids is 3. The summed E-state index contributed by atoms with van der Waals surface area (Å²) in [6.07, 6.45) is 3.28. The Morgan fingerprint density at radius 1 is 0.914 bits per heavy atom. The molecule has 3 aliphatic rings. The molecule has 0 bridgehead atoms. The fourth-order valence-electron chi connectivity index (χ4n) is 5.21. The Morgan fingerprint density at radius 2 is 1.63 bits per heavy atom. The summed E-state index contributed by atoms with van der Waals surface area (Å²) >= 11 is 0. The molecule has 3 aliphatic heterocycles. The van der Waals surface area contributed by atoms with Crippen LogP contribution in [0.4, 0.5) is 0 Å². The number of nitrogens with zero attached hydrogens (tertiary/aromatic N) is 2. The SMILES string of the molecule is Cc1ccccc1C(=O)N[C@H](C(=O)N1CCCC1)C1CCN(C(=O)c2ccc3c(c2)OCO3)CC1. The third-order valence-electron chi connectivity index (χ3n) is 7.28. The van der Waals surface area contributed by atoms with E-state index in [0.717, 1.165) is 31.5 Å². The van der Waals surface area contributed by atoms with E-state index < -0.39 is 6.04 Å². The fourth-order valence-corrected chi connectivity index (χ4v) is 5.21. The number of piperidine rings is 1. The van der Waals surface area contributed by atoms with Gasteiger partial charge < -0.3 is 24.6 Å². The highest BCUT2D eigenvalue weighted by molar-refractivity contribution is 5.99. The number of aryl methyl sites for hydroxylation is 1. The average Bonchev–Trinajstić information content (AvgIpc) is 3.59. The topological polar surface area (TPSA) is 88.2 Å². The van der Waals surface area contributed by atoms with E-state index in [4.69, 9.17) is 9.47 Å². The van der Waals surface area contributed by atoms with Crippen molar-refractivity contribution in [2.45, 2.75) is 38.6 Å². The van der Waals surface area contributed by atoms with Gasteiger partial charge in [-0.25, -0.2) is 0 Å². The lowest BCUT2D eigenvalue weighted by atomic mass is 9.87.